The fourth-order valence-corrected chi connectivity index (χ4v) is 6.25. The number of amides is 3. The van der Waals surface area contributed by atoms with Crippen LogP contribution in [0.1, 0.15) is 49.8 Å². The molecule has 9 heteroatoms. The van der Waals surface area contributed by atoms with Crippen molar-refractivity contribution in [2.75, 3.05) is 18.4 Å². The lowest BCUT2D eigenvalue weighted by atomic mass is 9.89. The molecular weight excluding hydrogens is 454 g/mol. The smallest absolute Gasteiger partial charge is 0.265 e. The molecule has 34 heavy (non-hydrogen) atoms. The van der Waals surface area contributed by atoms with Crippen molar-refractivity contribution in [1.82, 2.24) is 14.5 Å². The maximum absolute atomic E-state index is 13.0. The molecule has 3 amide bonds. The second-order valence-electron chi connectivity index (χ2n) is 10.8. The first-order valence-electron chi connectivity index (χ1n) is 11.8. The van der Waals surface area contributed by atoms with Crippen molar-refractivity contribution in [3.63, 3.8) is 0 Å². The van der Waals surface area contributed by atoms with Crippen molar-refractivity contribution in [3.8, 4) is 11.1 Å². The normalized spacial score (nSPS) is 24.7. The maximum atomic E-state index is 13.0. The summed E-state index contributed by atoms with van der Waals surface area (Å²) in [6, 6.07) is 3.57. The Labute approximate surface area is 203 Å². The van der Waals surface area contributed by atoms with E-state index in [0.29, 0.717) is 34.9 Å². The topological polar surface area (TPSA) is 110 Å². The molecule has 2 aromatic rings. The van der Waals surface area contributed by atoms with E-state index >= 15 is 0 Å². The van der Waals surface area contributed by atoms with Gasteiger partial charge in [-0.1, -0.05) is 25.4 Å². The van der Waals surface area contributed by atoms with Crippen LogP contribution in [0.3, 0.4) is 0 Å². The van der Waals surface area contributed by atoms with Crippen LogP contribution in [0.2, 0.25) is 5.02 Å². The molecule has 5 rings (SSSR count). The molecule has 180 valence electrons. The molecule has 0 aromatic carbocycles. The molecule has 1 saturated heterocycles. The number of nitrogens with two attached hydrogens (primary N) is 1. The van der Waals surface area contributed by atoms with Crippen LogP contribution < -0.4 is 11.1 Å². The highest BCUT2D eigenvalue weighted by Gasteiger charge is 2.44. The van der Waals surface area contributed by atoms with Crippen LogP contribution in [0.5, 0.6) is 0 Å². The summed E-state index contributed by atoms with van der Waals surface area (Å²) in [5, 5.41) is 3.42. The van der Waals surface area contributed by atoms with Crippen molar-refractivity contribution in [1.29, 1.82) is 0 Å². The van der Waals surface area contributed by atoms with Crippen molar-refractivity contribution >= 4 is 35.1 Å². The van der Waals surface area contributed by atoms with Gasteiger partial charge in [0.1, 0.15) is 11.5 Å². The Kier molecular flexibility index (Phi) is 5.47. The van der Waals surface area contributed by atoms with Gasteiger partial charge < -0.3 is 20.5 Å². The Balaban J connectivity index is 1.36. The predicted molar refractivity (Wildman–Crippen MR) is 129 cm³/mol. The number of carbonyl (C=O) groups is 3. The van der Waals surface area contributed by atoms with Gasteiger partial charge in [0.25, 0.3) is 5.91 Å². The second-order valence-corrected chi connectivity index (χ2v) is 11.2. The average molecular weight is 484 g/mol. The van der Waals surface area contributed by atoms with E-state index in [1.54, 1.807) is 19.1 Å². The van der Waals surface area contributed by atoms with E-state index in [9.17, 15) is 14.4 Å². The number of likely N-dealkylation sites (tertiary alicyclic amines) is 1. The summed E-state index contributed by atoms with van der Waals surface area (Å²) < 4.78 is 1.98. The lowest BCUT2D eigenvalue weighted by Gasteiger charge is -2.17. The fourth-order valence-electron chi connectivity index (χ4n) is 6.05. The van der Waals surface area contributed by atoms with Crippen molar-refractivity contribution < 1.29 is 14.4 Å². The third-order valence-electron chi connectivity index (χ3n) is 7.66. The minimum atomic E-state index is -0.473. The predicted octanol–water partition coefficient (Wildman–Crippen LogP) is 3.33. The molecule has 0 radical (unpaired) electrons. The summed E-state index contributed by atoms with van der Waals surface area (Å²) in [5.41, 5.74) is 8.71. The Hall–Kier alpha value is -2.87. The third kappa shape index (κ3) is 3.98. The molecule has 0 spiro atoms. The van der Waals surface area contributed by atoms with E-state index in [4.69, 9.17) is 17.3 Å². The number of halogens is 1. The molecule has 4 heterocycles. The number of hydrogen-bond acceptors (Lipinski definition) is 4. The lowest BCUT2D eigenvalue weighted by molar-refractivity contribution is -0.128. The molecule has 3 atom stereocenters. The molecule has 1 saturated carbocycles. The van der Waals surface area contributed by atoms with Gasteiger partial charge in [0.2, 0.25) is 11.8 Å². The zero-order valence-corrected chi connectivity index (χ0v) is 20.5. The largest absolute Gasteiger partial charge is 0.364 e. The Morgan fingerprint density at radius 3 is 2.44 bits per heavy atom. The molecule has 2 fully saturated rings. The van der Waals surface area contributed by atoms with Crippen molar-refractivity contribution in [2.24, 2.45) is 28.9 Å². The number of hydrogen-bond donors (Lipinski definition) is 2. The number of fused-ring (bicyclic) bond motifs is 2. The molecule has 1 aliphatic carbocycles. The number of anilines is 1. The number of rotatable bonds is 4. The van der Waals surface area contributed by atoms with E-state index in [1.807, 2.05) is 9.47 Å². The van der Waals surface area contributed by atoms with Gasteiger partial charge in [0.05, 0.1) is 5.02 Å². The number of aromatic nitrogens is 2. The Morgan fingerprint density at radius 1 is 1.15 bits per heavy atom. The number of carbonyl (C=O) groups excluding carboxylic acids is 3. The van der Waals surface area contributed by atoms with Gasteiger partial charge in [0, 0.05) is 55.5 Å². The highest BCUT2D eigenvalue weighted by Crippen LogP contribution is 2.43. The van der Waals surface area contributed by atoms with Crippen LogP contribution in [0, 0.1) is 23.2 Å². The van der Waals surface area contributed by atoms with Crippen LogP contribution in [-0.2, 0) is 22.6 Å². The lowest BCUT2D eigenvalue weighted by Crippen LogP contribution is -2.29. The second kappa shape index (κ2) is 8.12. The minimum absolute atomic E-state index is 0.00457. The highest BCUT2D eigenvalue weighted by atomic mass is 35.5. The van der Waals surface area contributed by atoms with Gasteiger partial charge in [-0.15, -0.1) is 0 Å². The first kappa shape index (κ1) is 22.9. The van der Waals surface area contributed by atoms with Crippen molar-refractivity contribution in [3.05, 3.63) is 34.7 Å². The van der Waals surface area contributed by atoms with Crippen LogP contribution >= 0.6 is 11.6 Å². The molecular formula is C25H30ClN5O3. The van der Waals surface area contributed by atoms with Crippen LogP contribution in [0.15, 0.2) is 18.3 Å². The van der Waals surface area contributed by atoms with E-state index in [2.05, 4.69) is 24.1 Å². The number of nitrogens with one attached hydrogen (secondary N) is 1. The first-order chi connectivity index (χ1) is 16.0. The average Bonchev–Trinajstić information content (AvgIpc) is 3.46. The van der Waals surface area contributed by atoms with Gasteiger partial charge in [-0.25, -0.2) is 4.98 Å². The van der Waals surface area contributed by atoms with Crippen LogP contribution in [0.25, 0.3) is 11.1 Å². The minimum Gasteiger partial charge on any atom is -0.364 e. The molecule has 8 nitrogen and oxygen atoms in total. The van der Waals surface area contributed by atoms with Gasteiger partial charge in [-0.05, 0) is 48.6 Å². The summed E-state index contributed by atoms with van der Waals surface area (Å²) in [4.78, 5) is 43.0. The zero-order chi connectivity index (χ0) is 24.4. The van der Waals surface area contributed by atoms with Gasteiger partial charge in [-0.2, -0.15) is 0 Å². The zero-order valence-electron chi connectivity index (χ0n) is 19.7. The first-order valence-corrected chi connectivity index (χ1v) is 12.1. The summed E-state index contributed by atoms with van der Waals surface area (Å²) in [6.07, 6.45) is 3.89. The SMILES string of the molecule is CC(=O)N1CC2CC(C(=O)Nc3cc(-c4cc(C(N)=O)n5c4CC(C)(C)C5)c(Cl)cn3)C[C@@H]2C1. The van der Waals surface area contributed by atoms with E-state index < -0.39 is 5.91 Å². The van der Waals surface area contributed by atoms with Crippen LogP contribution in [0.4, 0.5) is 5.82 Å². The van der Waals surface area contributed by atoms with E-state index in [0.717, 1.165) is 49.2 Å². The Morgan fingerprint density at radius 2 is 1.82 bits per heavy atom. The molecule has 2 aromatic heterocycles. The van der Waals surface area contributed by atoms with Gasteiger partial charge in [0.15, 0.2) is 0 Å². The monoisotopic (exact) mass is 483 g/mol. The summed E-state index contributed by atoms with van der Waals surface area (Å²) in [5.74, 6) is 0.689. The number of pyridine rings is 1. The standard InChI is InChI=1S/C25H30ClN5O3/c1-13(32)30-10-15-4-14(5-16(15)11-30)24(34)29-22-7-17(19(26)9-28-22)18-6-20(23(27)33)31-12-25(2,3)8-21(18)31/h6-7,9,14-16H,4-5,8,10-12H2,1-3H3,(H2,27,33)(H,28,29,34)/t14?,15-,16?/m1/s1. The molecule has 3 aliphatic rings. The maximum Gasteiger partial charge on any atom is 0.265 e. The summed E-state index contributed by atoms with van der Waals surface area (Å²) in [6.45, 7) is 8.10. The Bertz CT molecular complexity index is 1190. The van der Waals surface area contributed by atoms with Crippen LogP contribution in [-0.4, -0.2) is 45.3 Å². The van der Waals surface area contributed by atoms with Gasteiger partial charge in [-0.3, -0.25) is 14.4 Å². The third-order valence-corrected chi connectivity index (χ3v) is 7.96. The molecule has 3 N–H and O–H groups in total. The van der Waals surface area contributed by atoms with E-state index in [1.165, 1.54) is 6.20 Å². The van der Waals surface area contributed by atoms with Gasteiger partial charge >= 0.3 is 0 Å². The molecule has 2 aliphatic heterocycles. The van der Waals surface area contributed by atoms with Crippen molar-refractivity contribution in [2.45, 2.75) is 46.6 Å². The molecule has 2 unspecified atom stereocenters. The number of primary amides is 1. The highest BCUT2D eigenvalue weighted by molar-refractivity contribution is 6.33. The number of nitrogens with zero attached hydrogens (tertiary/aromatic N) is 3. The van der Waals surface area contributed by atoms with E-state index in [-0.39, 0.29) is 23.1 Å². The summed E-state index contributed by atoms with van der Waals surface area (Å²) in [7, 11) is 0. The molecule has 0 bridgehead atoms. The summed E-state index contributed by atoms with van der Waals surface area (Å²) >= 11 is 6.53. The quantitative estimate of drug-likeness (QED) is 0.694. The fraction of sp³-hybridized carbons (Fsp3) is 0.520.